The van der Waals surface area contributed by atoms with Crippen molar-refractivity contribution in [2.75, 3.05) is 57.9 Å². The zero-order valence-electron chi connectivity index (χ0n) is 21.4. The molecule has 0 bridgehead atoms. The van der Waals surface area contributed by atoms with E-state index in [2.05, 4.69) is 11.5 Å². The van der Waals surface area contributed by atoms with Crippen LogP contribution in [0.3, 0.4) is 0 Å². The Labute approximate surface area is 221 Å². The fourth-order valence-electron chi connectivity index (χ4n) is 5.65. The van der Waals surface area contributed by atoms with Crippen LogP contribution in [0.15, 0.2) is 66.8 Å². The van der Waals surface area contributed by atoms with Crippen LogP contribution in [0.5, 0.6) is 5.75 Å². The minimum atomic E-state index is -1.78. The van der Waals surface area contributed by atoms with Crippen molar-refractivity contribution >= 4 is 29.0 Å². The Morgan fingerprint density at radius 3 is 2.47 bits per heavy atom. The number of methoxy groups -OCH3 is 1. The lowest BCUT2D eigenvalue weighted by molar-refractivity contribution is -0.143. The number of hydrogen-bond donors (Lipinski definition) is 1. The van der Waals surface area contributed by atoms with Gasteiger partial charge in [0, 0.05) is 43.9 Å². The summed E-state index contributed by atoms with van der Waals surface area (Å²) in [6, 6.07) is 13.6. The van der Waals surface area contributed by atoms with Gasteiger partial charge >= 0.3 is 0 Å². The predicted molar refractivity (Wildman–Crippen MR) is 142 cm³/mol. The number of nitrogens with zero attached hydrogens (tertiary/aromatic N) is 3. The molecule has 1 spiro atoms. The molecule has 2 aromatic rings. The van der Waals surface area contributed by atoms with Crippen molar-refractivity contribution in [2.24, 2.45) is 0 Å². The highest BCUT2D eigenvalue weighted by molar-refractivity contribution is 6.50. The second-order valence-corrected chi connectivity index (χ2v) is 9.48. The molecule has 3 heterocycles. The molecule has 2 aromatic carbocycles. The Morgan fingerprint density at radius 2 is 1.79 bits per heavy atom. The zero-order chi connectivity index (χ0) is 26.9. The van der Waals surface area contributed by atoms with Crippen LogP contribution < -0.4 is 9.64 Å². The van der Waals surface area contributed by atoms with Crippen molar-refractivity contribution in [3.05, 3.63) is 77.9 Å². The molecule has 3 aliphatic rings. The maximum Gasteiger partial charge on any atom is 0.296 e. The maximum atomic E-state index is 14.3. The first-order valence-electron chi connectivity index (χ1n) is 12.7. The summed E-state index contributed by atoms with van der Waals surface area (Å²) in [7, 11) is 1.53. The van der Waals surface area contributed by atoms with E-state index in [1.54, 1.807) is 54.6 Å². The minimum absolute atomic E-state index is 0.170. The number of benzene rings is 2. The summed E-state index contributed by atoms with van der Waals surface area (Å²) in [5, 5.41) is 11.5. The van der Waals surface area contributed by atoms with Gasteiger partial charge in [0.1, 0.15) is 11.5 Å². The number of aliphatic hydroxyl groups excluding tert-OH is 1. The molecular weight excluding hydrogens is 486 g/mol. The zero-order valence-corrected chi connectivity index (χ0v) is 21.4. The Bertz CT molecular complexity index is 1300. The number of aliphatic hydroxyl groups is 1. The molecule has 1 N–H and O–H groups in total. The van der Waals surface area contributed by atoms with Gasteiger partial charge in [0.05, 0.1) is 31.6 Å². The molecule has 5 rings (SSSR count). The van der Waals surface area contributed by atoms with E-state index < -0.39 is 28.9 Å². The summed E-state index contributed by atoms with van der Waals surface area (Å²) in [4.78, 5) is 46.7. The lowest BCUT2D eigenvalue weighted by Gasteiger charge is -2.35. The molecule has 0 radical (unpaired) electrons. The van der Waals surface area contributed by atoms with Crippen LogP contribution in [-0.4, -0.2) is 85.6 Å². The number of carbonyl (C=O) groups is 3. The van der Waals surface area contributed by atoms with Crippen LogP contribution in [0.4, 0.5) is 5.69 Å². The number of rotatable bonds is 8. The number of fused-ring (bicyclic) bond motifs is 2. The van der Waals surface area contributed by atoms with E-state index in [9.17, 15) is 19.5 Å². The molecule has 0 aromatic heterocycles. The molecular formula is C29H31N3O6. The molecule has 1 atom stereocenters. The molecule has 1 unspecified atom stereocenters. The molecule has 2 amide bonds. The van der Waals surface area contributed by atoms with Gasteiger partial charge in [-0.25, -0.2) is 0 Å². The number of ether oxygens (including phenoxy) is 2. The molecule has 9 nitrogen and oxygen atoms in total. The average Bonchev–Trinajstić information content (AvgIpc) is 3.32. The van der Waals surface area contributed by atoms with Crippen LogP contribution in [-0.2, 0) is 24.7 Å². The topological polar surface area (TPSA) is 99.6 Å². The van der Waals surface area contributed by atoms with Gasteiger partial charge in [0.25, 0.3) is 17.6 Å². The number of amides is 2. The fraction of sp³-hybridized carbons (Fsp3) is 0.345. The van der Waals surface area contributed by atoms with Gasteiger partial charge < -0.3 is 24.4 Å². The number of ketones is 1. The molecule has 3 aliphatic heterocycles. The van der Waals surface area contributed by atoms with Crippen LogP contribution in [0.1, 0.15) is 17.5 Å². The summed E-state index contributed by atoms with van der Waals surface area (Å²) >= 11 is 0. The molecule has 0 saturated carbocycles. The number of anilines is 1. The highest BCUT2D eigenvalue weighted by Crippen LogP contribution is 2.53. The first kappa shape index (κ1) is 25.7. The third-order valence-corrected chi connectivity index (χ3v) is 7.44. The van der Waals surface area contributed by atoms with Gasteiger partial charge in [0.15, 0.2) is 5.54 Å². The molecule has 0 aliphatic carbocycles. The maximum absolute atomic E-state index is 14.3. The third-order valence-electron chi connectivity index (χ3n) is 7.44. The molecule has 2 saturated heterocycles. The number of morpholine rings is 1. The average molecular weight is 518 g/mol. The normalized spacial score (nSPS) is 22.8. The number of hydrogen-bond acceptors (Lipinski definition) is 7. The summed E-state index contributed by atoms with van der Waals surface area (Å²) in [6.07, 6.45) is 2.15. The van der Waals surface area contributed by atoms with E-state index in [4.69, 9.17) is 9.47 Å². The van der Waals surface area contributed by atoms with Gasteiger partial charge in [-0.15, -0.1) is 6.58 Å². The van der Waals surface area contributed by atoms with Crippen molar-refractivity contribution in [2.45, 2.75) is 12.0 Å². The predicted octanol–water partition coefficient (Wildman–Crippen LogP) is 2.53. The monoisotopic (exact) mass is 517 g/mol. The minimum Gasteiger partial charge on any atom is -0.507 e. The van der Waals surface area contributed by atoms with Crippen LogP contribution in [0.2, 0.25) is 0 Å². The number of para-hydroxylation sites is 1. The van der Waals surface area contributed by atoms with E-state index in [-0.39, 0.29) is 18.7 Å². The van der Waals surface area contributed by atoms with Crippen molar-refractivity contribution in [1.29, 1.82) is 0 Å². The highest BCUT2D eigenvalue weighted by atomic mass is 16.5. The third kappa shape index (κ3) is 3.99. The van der Waals surface area contributed by atoms with Gasteiger partial charge in [-0.2, -0.15) is 0 Å². The smallest absolute Gasteiger partial charge is 0.296 e. The Morgan fingerprint density at radius 1 is 1.08 bits per heavy atom. The van der Waals surface area contributed by atoms with Gasteiger partial charge in [-0.1, -0.05) is 24.3 Å². The Hall–Kier alpha value is -3.95. The first-order valence-corrected chi connectivity index (χ1v) is 12.7. The first-order chi connectivity index (χ1) is 18.4. The van der Waals surface area contributed by atoms with Crippen LogP contribution in [0, 0.1) is 0 Å². The lowest BCUT2D eigenvalue weighted by atomic mass is 9.82. The Balaban J connectivity index is 1.64. The highest BCUT2D eigenvalue weighted by Gasteiger charge is 2.66. The van der Waals surface area contributed by atoms with Gasteiger partial charge in [0.2, 0.25) is 0 Å². The van der Waals surface area contributed by atoms with Crippen molar-refractivity contribution in [1.82, 2.24) is 9.80 Å². The SMILES string of the molecule is C=CCN1C(=O)C2(C(=C(O)c3ccc(OC)cc3)C(=O)C(=O)N2CCCN2CCOCC2)c2ccccc21. The van der Waals surface area contributed by atoms with Crippen molar-refractivity contribution < 1.29 is 29.0 Å². The standard InChI is InChI=1S/C29H31N3O6/c1-3-13-31-23-8-5-4-7-22(23)29(28(31)36)24(25(33)20-9-11-21(37-2)12-10-20)26(34)27(35)32(29)15-6-14-30-16-18-38-19-17-30/h3-5,7-12,33H,1,6,13-19H2,2H3. The van der Waals surface area contributed by atoms with Crippen molar-refractivity contribution in [3.63, 3.8) is 0 Å². The van der Waals surface area contributed by atoms with Gasteiger partial charge in [-0.3, -0.25) is 19.3 Å². The molecule has 9 heteroatoms. The Kier molecular flexibility index (Phi) is 7.05. The molecule has 198 valence electrons. The quantitative estimate of drug-likeness (QED) is 0.249. The summed E-state index contributed by atoms with van der Waals surface area (Å²) < 4.78 is 10.6. The number of carbonyl (C=O) groups excluding carboxylic acids is 3. The fourth-order valence-corrected chi connectivity index (χ4v) is 5.65. The van der Waals surface area contributed by atoms with Gasteiger partial charge in [-0.05, 0) is 36.8 Å². The number of Topliss-reactive ketones (excluding diaryl/α,β-unsaturated/α-hetero) is 1. The van der Waals surface area contributed by atoms with Crippen LogP contribution in [0.25, 0.3) is 5.76 Å². The summed E-state index contributed by atoms with van der Waals surface area (Å²) in [5.74, 6) is -1.97. The van der Waals surface area contributed by atoms with E-state index in [1.165, 1.54) is 16.9 Å². The second kappa shape index (κ2) is 10.4. The summed E-state index contributed by atoms with van der Waals surface area (Å²) in [6.45, 7) is 7.71. The lowest BCUT2D eigenvalue weighted by Crippen LogP contribution is -2.52. The second-order valence-electron chi connectivity index (χ2n) is 9.48. The van der Waals surface area contributed by atoms with E-state index >= 15 is 0 Å². The van der Waals surface area contributed by atoms with E-state index in [0.29, 0.717) is 48.7 Å². The van der Waals surface area contributed by atoms with Crippen LogP contribution >= 0.6 is 0 Å². The van der Waals surface area contributed by atoms with E-state index in [1.807, 2.05) is 0 Å². The largest absolute Gasteiger partial charge is 0.507 e. The van der Waals surface area contributed by atoms with E-state index in [0.717, 1.165) is 13.1 Å². The summed E-state index contributed by atoms with van der Waals surface area (Å²) in [5.41, 5.74) is -0.611. The van der Waals surface area contributed by atoms with Crippen molar-refractivity contribution in [3.8, 4) is 5.75 Å². The number of likely N-dealkylation sites (tertiary alicyclic amines) is 1. The molecule has 38 heavy (non-hydrogen) atoms. The molecule has 2 fully saturated rings.